The van der Waals surface area contributed by atoms with Gasteiger partial charge in [-0.25, -0.2) is 0 Å². The highest BCUT2D eigenvalue weighted by atomic mass is 16.4. The minimum atomic E-state index is 0.201. The van der Waals surface area contributed by atoms with E-state index in [1.807, 2.05) is 30.0 Å². The molecular formula is C23H25N3O2. The molecule has 5 nitrogen and oxygen atoms in total. The van der Waals surface area contributed by atoms with E-state index in [0.717, 1.165) is 41.2 Å². The van der Waals surface area contributed by atoms with Gasteiger partial charge in [0, 0.05) is 26.2 Å². The van der Waals surface area contributed by atoms with Crippen molar-refractivity contribution in [2.24, 2.45) is 0 Å². The van der Waals surface area contributed by atoms with Crippen LogP contribution in [0.3, 0.4) is 0 Å². The lowest BCUT2D eigenvalue weighted by atomic mass is 10.1. The van der Waals surface area contributed by atoms with Crippen molar-refractivity contribution in [3.05, 3.63) is 59.2 Å². The van der Waals surface area contributed by atoms with Crippen molar-refractivity contribution in [3.63, 3.8) is 0 Å². The molecule has 3 aromatic rings. The van der Waals surface area contributed by atoms with Gasteiger partial charge in [0.2, 0.25) is 5.91 Å². The maximum Gasteiger partial charge on any atom is 0.298 e. The number of benzene rings is 2. The number of carbonyl (C=O) groups is 1. The Morgan fingerprint density at radius 1 is 1.07 bits per heavy atom. The van der Waals surface area contributed by atoms with Crippen LogP contribution in [0.4, 0.5) is 6.01 Å². The van der Waals surface area contributed by atoms with Crippen molar-refractivity contribution in [2.45, 2.75) is 32.1 Å². The van der Waals surface area contributed by atoms with E-state index in [1.165, 1.54) is 18.4 Å². The molecule has 0 bridgehead atoms. The maximum absolute atomic E-state index is 12.7. The Balaban J connectivity index is 1.19. The smallest absolute Gasteiger partial charge is 0.298 e. The van der Waals surface area contributed by atoms with Crippen LogP contribution in [0.1, 0.15) is 35.4 Å². The summed E-state index contributed by atoms with van der Waals surface area (Å²) in [7, 11) is 0. The zero-order valence-electron chi connectivity index (χ0n) is 16.2. The van der Waals surface area contributed by atoms with E-state index in [4.69, 9.17) is 4.42 Å². The lowest BCUT2D eigenvalue weighted by Gasteiger charge is -2.33. The van der Waals surface area contributed by atoms with Crippen molar-refractivity contribution in [2.75, 3.05) is 31.1 Å². The third-order valence-corrected chi connectivity index (χ3v) is 5.82. The van der Waals surface area contributed by atoms with Crippen LogP contribution in [-0.4, -0.2) is 42.0 Å². The van der Waals surface area contributed by atoms with E-state index < -0.39 is 0 Å². The number of nitrogens with zero attached hydrogens (tertiary/aromatic N) is 3. The first-order valence-electron chi connectivity index (χ1n) is 10.1. The fourth-order valence-electron chi connectivity index (χ4n) is 3.91. The molecule has 1 saturated carbocycles. The van der Waals surface area contributed by atoms with Gasteiger partial charge in [0.15, 0.2) is 5.58 Å². The second kappa shape index (κ2) is 6.97. The average Bonchev–Trinajstić information content (AvgIpc) is 3.48. The normalized spacial score (nSPS) is 17.3. The third kappa shape index (κ3) is 3.49. The fraction of sp³-hybridized carbons (Fsp3) is 0.391. The van der Waals surface area contributed by atoms with Crippen molar-refractivity contribution in [1.29, 1.82) is 0 Å². The number of anilines is 1. The molecule has 5 heteroatoms. The van der Waals surface area contributed by atoms with Crippen molar-refractivity contribution >= 4 is 23.0 Å². The predicted octanol–water partition coefficient (Wildman–Crippen LogP) is 3.90. The summed E-state index contributed by atoms with van der Waals surface area (Å²) in [5.74, 6) is 0.959. The third-order valence-electron chi connectivity index (χ3n) is 5.82. The fourth-order valence-corrected chi connectivity index (χ4v) is 3.91. The number of aryl methyl sites for hydroxylation is 1. The van der Waals surface area contributed by atoms with Crippen LogP contribution in [0.5, 0.6) is 0 Å². The Kier molecular flexibility index (Phi) is 4.30. The quantitative estimate of drug-likeness (QED) is 0.694. The Morgan fingerprint density at radius 2 is 1.82 bits per heavy atom. The summed E-state index contributed by atoms with van der Waals surface area (Å²) in [6.07, 6.45) is 3.09. The minimum absolute atomic E-state index is 0.201. The molecule has 0 unspecified atom stereocenters. The molecule has 1 saturated heterocycles. The summed E-state index contributed by atoms with van der Waals surface area (Å²) in [5, 5.41) is 0. The number of amides is 1. The summed E-state index contributed by atoms with van der Waals surface area (Å²) in [4.78, 5) is 21.4. The molecule has 1 aliphatic heterocycles. The second-order valence-electron chi connectivity index (χ2n) is 8.03. The van der Waals surface area contributed by atoms with Gasteiger partial charge >= 0.3 is 0 Å². The molecule has 144 valence electrons. The first-order chi connectivity index (χ1) is 13.7. The Morgan fingerprint density at radius 3 is 2.54 bits per heavy atom. The maximum atomic E-state index is 12.7. The van der Waals surface area contributed by atoms with Crippen LogP contribution in [0.25, 0.3) is 11.1 Å². The van der Waals surface area contributed by atoms with E-state index in [-0.39, 0.29) is 5.91 Å². The summed E-state index contributed by atoms with van der Waals surface area (Å²) in [6.45, 7) is 4.95. The van der Waals surface area contributed by atoms with E-state index in [2.05, 4.69) is 34.1 Å². The first kappa shape index (κ1) is 17.3. The highest BCUT2D eigenvalue weighted by molar-refractivity contribution is 5.79. The average molecular weight is 375 g/mol. The molecule has 2 heterocycles. The zero-order chi connectivity index (χ0) is 19.1. The number of carbonyl (C=O) groups excluding carboxylic acids is 1. The molecule has 0 radical (unpaired) electrons. The number of rotatable bonds is 4. The lowest BCUT2D eigenvalue weighted by Crippen LogP contribution is -2.49. The highest BCUT2D eigenvalue weighted by Crippen LogP contribution is 2.39. The molecule has 1 aliphatic carbocycles. The van der Waals surface area contributed by atoms with Crippen molar-refractivity contribution in [3.8, 4) is 0 Å². The van der Waals surface area contributed by atoms with Gasteiger partial charge in [-0.05, 0) is 54.5 Å². The van der Waals surface area contributed by atoms with Gasteiger partial charge < -0.3 is 14.2 Å². The lowest BCUT2D eigenvalue weighted by molar-refractivity contribution is -0.130. The van der Waals surface area contributed by atoms with Crippen LogP contribution in [-0.2, 0) is 11.2 Å². The number of fused-ring (bicyclic) bond motifs is 1. The molecule has 1 aromatic heterocycles. The SMILES string of the molecule is Cc1ccc2nc(N3CCN(C(=O)Cc4ccc(C5CC5)cc4)CC3)oc2c1. The number of oxazole rings is 1. The van der Waals surface area contributed by atoms with Gasteiger partial charge in [-0.15, -0.1) is 0 Å². The molecule has 1 amide bonds. The second-order valence-corrected chi connectivity index (χ2v) is 8.03. The Labute approximate surface area is 165 Å². The molecule has 0 spiro atoms. The number of hydrogen-bond acceptors (Lipinski definition) is 4. The molecule has 2 aliphatic rings. The minimum Gasteiger partial charge on any atom is -0.423 e. The summed E-state index contributed by atoms with van der Waals surface area (Å²) in [5.41, 5.74) is 5.39. The van der Waals surface area contributed by atoms with E-state index in [9.17, 15) is 4.79 Å². The topological polar surface area (TPSA) is 49.6 Å². The molecule has 28 heavy (non-hydrogen) atoms. The van der Waals surface area contributed by atoms with E-state index in [0.29, 0.717) is 25.5 Å². The summed E-state index contributed by atoms with van der Waals surface area (Å²) in [6, 6.07) is 15.3. The summed E-state index contributed by atoms with van der Waals surface area (Å²) < 4.78 is 5.93. The molecule has 0 atom stereocenters. The molecule has 5 rings (SSSR count). The van der Waals surface area contributed by atoms with Gasteiger partial charge in [-0.2, -0.15) is 4.98 Å². The predicted molar refractivity (Wildman–Crippen MR) is 110 cm³/mol. The van der Waals surface area contributed by atoms with Gasteiger partial charge in [0.05, 0.1) is 6.42 Å². The van der Waals surface area contributed by atoms with Crippen LogP contribution < -0.4 is 4.90 Å². The van der Waals surface area contributed by atoms with E-state index >= 15 is 0 Å². The van der Waals surface area contributed by atoms with E-state index in [1.54, 1.807) is 0 Å². The number of aromatic nitrogens is 1. The van der Waals surface area contributed by atoms with Gasteiger partial charge in [-0.3, -0.25) is 4.79 Å². The van der Waals surface area contributed by atoms with Crippen LogP contribution in [0.15, 0.2) is 46.9 Å². The largest absolute Gasteiger partial charge is 0.423 e. The zero-order valence-corrected chi connectivity index (χ0v) is 16.2. The van der Waals surface area contributed by atoms with Crippen LogP contribution in [0.2, 0.25) is 0 Å². The van der Waals surface area contributed by atoms with Crippen LogP contribution >= 0.6 is 0 Å². The molecule has 0 N–H and O–H groups in total. The van der Waals surface area contributed by atoms with Gasteiger partial charge in [0.25, 0.3) is 6.01 Å². The first-order valence-corrected chi connectivity index (χ1v) is 10.1. The number of hydrogen-bond donors (Lipinski definition) is 0. The standard InChI is InChI=1S/C23H25N3O2/c1-16-2-9-20-21(14-16)28-23(24-20)26-12-10-25(11-13-26)22(27)15-17-3-5-18(6-4-17)19-7-8-19/h2-6,9,14,19H,7-8,10-13,15H2,1H3. The van der Waals surface area contributed by atoms with Crippen molar-refractivity contribution < 1.29 is 9.21 Å². The Hall–Kier alpha value is -2.82. The highest BCUT2D eigenvalue weighted by Gasteiger charge is 2.25. The van der Waals surface area contributed by atoms with Gasteiger partial charge in [-0.1, -0.05) is 30.3 Å². The van der Waals surface area contributed by atoms with Crippen molar-refractivity contribution in [1.82, 2.24) is 9.88 Å². The molecule has 2 aromatic carbocycles. The van der Waals surface area contributed by atoms with Gasteiger partial charge in [0.1, 0.15) is 5.52 Å². The summed E-state index contributed by atoms with van der Waals surface area (Å²) >= 11 is 0. The Bertz CT molecular complexity index is 996. The monoisotopic (exact) mass is 375 g/mol. The molecular weight excluding hydrogens is 350 g/mol. The van der Waals surface area contributed by atoms with Crippen LogP contribution in [0, 0.1) is 6.92 Å². The molecule has 2 fully saturated rings. The number of piperazine rings is 1.